The van der Waals surface area contributed by atoms with E-state index in [4.69, 9.17) is 9.98 Å². The standard InChI is InChI=1S/C35H32N4O.4ClH.2Cu/c1-22-12-13-31(40)33(28-18-25(4)35(26(5)19-28)39-21-30-11-7-9-15-37-30)32(22)27-16-23(2)34(24(3)17-27)38-20-29-10-6-8-14-36-29;;;;;;/h6-21,40H,1-5H3;4*1H;;/q;;;;;2*+2/p-4. The predicted molar refractivity (Wildman–Crippen MR) is 166 cm³/mol. The zero-order chi connectivity index (χ0) is 28.2. The summed E-state index contributed by atoms with van der Waals surface area (Å²) in [6.07, 6.45) is 7.10. The second-order valence-corrected chi connectivity index (χ2v) is 10.1. The number of halogens is 4. The number of benzene rings is 3. The summed E-state index contributed by atoms with van der Waals surface area (Å²) < 4.78 is 0. The van der Waals surface area contributed by atoms with Crippen molar-refractivity contribution in [2.24, 2.45) is 9.98 Å². The average Bonchev–Trinajstić information content (AvgIpc) is 2.94. The van der Waals surface area contributed by atoms with Gasteiger partial charge in [0, 0.05) is 18.0 Å². The minimum Gasteiger partial charge on any atom is -1.00 e. The van der Waals surface area contributed by atoms with Crippen molar-refractivity contribution in [3.05, 3.63) is 124 Å². The normalized spacial score (nSPS) is 10.0. The van der Waals surface area contributed by atoms with E-state index in [9.17, 15) is 5.11 Å². The molecule has 2 radical (unpaired) electrons. The second kappa shape index (κ2) is 20.5. The fourth-order valence-corrected chi connectivity index (χ4v) is 5.13. The number of aromatic hydroxyl groups is 1. The number of aryl methyl sites for hydroxylation is 5. The van der Waals surface area contributed by atoms with Crippen molar-refractivity contribution >= 4 is 23.8 Å². The molecule has 0 spiro atoms. The van der Waals surface area contributed by atoms with Crippen molar-refractivity contribution in [3.63, 3.8) is 0 Å². The molecule has 5 aromatic rings. The number of aliphatic imine (C=N–C) groups is 2. The number of hydrogen-bond donors (Lipinski definition) is 1. The van der Waals surface area contributed by atoms with E-state index in [1.54, 1.807) is 30.9 Å². The first-order valence-corrected chi connectivity index (χ1v) is 13.3. The molecule has 46 heavy (non-hydrogen) atoms. The maximum absolute atomic E-state index is 11.2. The van der Waals surface area contributed by atoms with E-state index in [2.05, 4.69) is 68.9 Å². The van der Waals surface area contributed by atoms with Crippen molar-refractivity contribution in [3.8, 4) is 28.0 Å². The van der Waals surface area contributed by atoms with Crippen LogP contribution in [0.4, 0.5) is 11.4 Å². The zero-order valence-corrected chi connectivity index (χ0v) is 30.5. The average molecular weight is 794 g/mol. The molecule has 2 heterocycles. The molecule has 0 unspecified atom stereocenters. The third kappa shape index (κ3) is 10.4. The molecule has 5 nitrogen and oxygen atoms in total. The predicted octanol–water partition coefficient (Wildman–Crippen LogP) is -3.43. The monoisotopic (exact) mass is 790 g/mol. The van der Waals surface area contributed by atoms with Crippen LogP contribution >= 0.6 is 0 Å². The Kier molecular flexibility index (Phi) is 20.3. The van der Waals surface area contributed by atoms with E-state index in [0.717, 1.165) is 72.8 Å². The third-order valence-corrected chi connectivity index (χ3v) is 6.98. The number of phenolic OH excluding ortho intramolecular Hbond substituents is 1. The number of rotatable bonds is 6. The van der Waals surface area contributed by atoms with Crippen LogP contribution in [0.3, 0.4) is 0 Å². The third-order valence-electron chi connectivity index (χ3n) is 6.98. The molecular formula is C35H32Cl4Cu2N4O. The molecule has 5 rings (SSSR count). The van der Waals surface area contributed by atoms with Gasteiger partial charge in [-0.1, -0.05) is 18.2 Å². The Balaban J connectivity index is 0. The van der Waals surface area contributed by atoms with Gasteiger partial charge in [0.1, 0.15) is 5.75 Å². The van der Waals surface area contributed by atoms with Gasteiger partial charge < -0.3 is 54.7 Å². The van der Waals surface area contributed by atoms with Crippen LogP contribution in [0.25, 0.3) is 22.3 Å². The zero-order valence-electron chi connectivity index (χ0n) is 25.6. The molecule has 0 aliphatic rings. The molecule has 0 bridgehead atoms. The smallest absolute Gasteiger partial charge is 1.00 e. The summed E-state index contributed by atoms with van der Waals surface area (Å²) in [5.74, 6) is 0.247. The maximum Gasteiger partial charge on any atom is 2.00 e. The summed E-state index contributed by atoms with van der Waals surface area (Å²) in [4.78, 5) is 18.2. The van der Waals surface area contributed by atoms with Crippen LogP contribution in [0.15, 0.2) is 95.2 Å². The molecule has 1 N–H and O–H groups in total. The van der Waals surface area contributed by atoms with E-state index in [0.29, 0.717) is 0 Å². The SMILES string of the molecule is Cc1cc(-c2c(C)ccc(O)c2-c2cc(C)c(N=Cc3ccccn3)c(C)c2)cc(C)c1N=Cc1ccccn1.[Cl-].[Cl-].[Cl-].[Cl-].[Cu+2].[Cu+2]. The van der Waals surface area contributed by atoms with E-state index < -0.39 is 0 Å². The summed E-state index contributed by atoms with van der Waals surface area (Å²) in [5, 5.41) is 11.2. The number of hydrogen-bond acceptors (Lipinski definition) is 5. The van der Waals surface area contributed by atoms with Crippen LogP contribution in [-0.4, -0.2) is 27.5 Å². The number of nitrogens with zero attached hydrogens (tertiary/aromatic N) is 4. The van der Waals surface area contributed by atoms with E-state index in [1.807, 2.05) is 42.5 Å². The summed E-state index contributed by atoms with van der Waals surface area (Å²) in [7, 11) is 0. The summed E-state index contributed by atoms with van der Waals surface area (Å²) >= 11 is 0. The molecular weight excluding hydrogens is 761 g/mol. The first-order valence-electron chi connectivity index (χ1n) is 13.3. The van der Waals surface area contributed by atoms with Crippen LogP contribution in [0.1, 0.15) is 39.2 Å². The fraction of sp³-hybridized carbons (Fsp3) is 0.143. The molecule has 0 atom stereocenters. The summed E-state index contributed by atoms with van der Waals surface area (Å²) in [5.41, 5.74) is 12.5. The van der Waals surface area contributed by atoms with Gasteiger partial charge in [-0.2, -0.15) is 0 Å². The van der Waals surface area contributed by atoms with Crippen LogP contribution in [-0.2, 0) is 34.1 Å². The summed E-state index contributed by atoms with van der Waals surface area (Å²) in [6.45, 7) is 10.3. The fourth-order valence-electron chi connectivity index (χ4n) is 5.13. The minimum absolute atomic E-state index is 0. The largest absolute Gasteiger partial charge is 2.00 e. The summed E-state index contributed by atoms with van der Waals surface area (Å²) in [6, 6.07) is 23.8. The van der Waals surface area contributed by atoms with Gasteiger partial charge in [-0.05, 0) is 134 Å². The van der Waals surface area contributed by atoms with Gasteiger partial charge in [0.2, 0.25) is 0 Å². The van der Waals surface area contributed by atoms with Gasteiger partial charge in [0.05, 0.1) is 35.2 Å². The van der Waals surface area contributed by atoms with Crippen molar-refractivity contribution in [2.75, 3.05) is 0 Å². The van der Waals surface area contributed by atoms with Gasteiger partial charge in [0.15, 0.2) is 0 Å². The molecule has 0 saturated carbocycles. The maximum atomic E-state index is 11.2. The molecule has 0 amide bonds. The Labute approximate surface area is 317 Å². The quantitative estimate of drug-likeness (QED) is 0.144. The molecule has 11 heteroatoms. The number of phenols is 1. The van der Waals surface area contributed by atoms with Crippen molar-refractivity contribution in [1.29, 1.82) is 0 Å². The van der Waals surface area contributed by atoms with Gasteiger partial charge in [-0.25, -0.2) is 0 Å². The van der Waals surface area contributed by atoms with Crippen LogP contribution < -0.4 is 49.6 Å². The molecule has 0 fully saturated rings. The van der Waals surface area contributed by atoms with Crippen LogP contribution in [0.5, 0.6) is 5.75 Å². The van der Waals surface area contributed by atoms with Crippen molar-refractivity contribution < 1.29 is 88.9 Å². The first kappa shape index (κ1) is 45.4. The van der Waals surface area contributed by atoms with Crippen LogP contribution in [0, 0.1) is 34.6 Å². The van der Waals surface area contributed by atoms with Gasteiger partial charge >= 0.3 is 34.1 Å². The Bertz CT molecular complexity index is 1590. The number of pyridine rings is 2. The van der Waals surface area contributed by atoms with Gasteiger partial charge in [-0.15, -0.1) is 0 Å². The van der Waals surface area contributed by atoms with E-state index in [1.165, 1.54) is 0 Å². The second-order valence-electron chi connectivity index (χ2n) is 10.1. The topological polar surface area (TPSA) is 70.7 Å². The van der Waals surface area contributed by atoms with E-state index in [-0.39, 0.29) is 89.5 Å². The molecule has 2 aromatic heterocycles. The molecule has 0 aliphatic heterocycles. The Hall–Kier alpha value is -2.70. The Morgan fingerprint density at radius 2 is 0.913 bits per heavy atom. The molecule has 0 aliphatic carbocycles. The molecule has 3 aromatic carbocycles. The Morgan fingerprint density at radius 1 is 0.522 bits per heavy atom. The van der Waals surface area contributed by atoms with Gasteiger partial charge in [0.25, 0.3) is 0 Å². The van der Waals surface area contributed by atoms with Crippen LogP contribution in [0.2, 0.25) is 0 Å². The van der Waals surface area contributed by atoms with E-state index >= 15 is 0 Å². The minimum atomic E-state index is 0. The first-order chi connectivity index (χ1) is 19.3. The molecule has 248 valence electrons. The van der Waals surface area contributed by atoms with Gasteiger partial charge in [-0.3, -0.25) is 20.0 Å². The molecule has 0 saturated heterocycles. The van der Waals surface area contributed by atoms with Crippen molar-refractivity contribution in [2.45, 2.75) is 34.6 Å². The number of aromatic nitrogens is 2. The van der Waals surface area contributed by atoms with Crippen molar-refractivity contribution in [1.82, 2.24) is 9.97 Å². The Morgan fingerprint density at radius 3 is 1.28 bits per heavy atom.